The summed E-state index contributed by atoms with van der Waals surface area (Å²) in [5, 5.41) is 75.2. The SMILES string of the molecule is N#Cc1cccc(N)c1.N#Cc1cccc(N)c1.O=C(O)c1cc([N+](=O)[O-])cc([N+](=O)[O-])c1.O=C(O)c1cc([N+](=O)[O-])cc([N+](=O)[O-])c1. The molecule has 0 radical (unpaired) electrons. The molecule has 244 valence electrons. The fraction of sp³-hybridized carbons (Fsp3) is 0. The molecular formula is C28H20N8O12. The van der Waals surface area contributed by atoms with Gasteiger partial charge in [0.05, 0.1) is 66.2 Å². The molecular weight excluding hydrogens is 640 g/mol. The van der Waals surface area contributed by atoms with Crippen LogP contribution in [-0.4, -0.2) is 41.8 Å². The van der Waals surface area contributed by atoms with Gasteiger partial charge in [0.15, 0.2) is 0 Å². The third-order valence-corrected chi connectivity index (χ3v) is 5.17. The number of hydrogen-bond acceptors (Lipinski definition) is 14. The molecule has 6 N–H and O–H groups in total. The first-order chi connectivity index (χ1) is 22.5. The summed E-state index contributed by atoms with van der Waals surface area (Å²) in [6, 6.07) is 22.1. The number of carboxylic acid groups (broad SMARTS) is 2. The van der Waals surface area contributed by atoms with Gasteiger partial charge in [0, 0.05) is 35.6 Å². The Morgan fingerprint density at radius 3 is 0.979 bits per heavy atom. The van der Waals surface area contributed by atoms with Gasteiger partial charge in [-0.15, -0.1) is 0 Å². The van der Waals surface area contributed by atoms with E-state index in [1.165, 1.54) is 0 Å². The molecule has 0 amide bonds. The predicted octanol–water partition coefficient (Wildman–Crippen LogP) is 4.68. The first-order valence-electron chi connectivity index (χ1n) is 12.3. The molecule has 48 heavy (non-hydrogen) atoms. The molecule has 0 bridgehead atoms. The van der Waals surface area contributed by atoms with Crippen LogP contribution >= 0.6 is 0 Å². The van der Waals surface area contributed by atoms with Gasteiger partial charge in [-0.1, -0.05) is 12.1 Å². The molecule has 4 aromatic carbocycles. The number of nitro groups is 4. The Bertz CT molecular complexity index is 1670. The van der Waals surface area contributed by atoms with Crippen LogP contribution in [0.4, 0.5) is 34.1 Å². The van der Waals surface area contributed by atoms with E-state index in [0.29, 0.717) is 34.6 Å². The number of aromatic carboxylic acids is 2. The van der Waals surface area contributed by atoms with Crippen molar-refractivity contribution in [1.82, 2.24) is 0 Å². The lowest BCUT2D eigenvalue weighted by atomic mass is 10.2. The number of non-ortho nitro benzene ring substituents is 4. The largest absolute Gasteiger partial charge is 0.478 e. The zero-order valence-corrected chi connectivity index (χ0v) is 23.9. The predicted molar refractivity (Wildman–Crippen MR) is 165 cm³/mol. The summed E-state index contributed by atoms with van der Waals surface area (Å²) >= 11 is 0. The lowest BCUT2D eigenvalue weighted by Crippen LogP contribution is -2.00. The average molecular weight is 661 g/mol. The van der Waals surface area contributed by atoms with Crippen LogP contribution in [0.5, 0.6) is 0 Å². The van der Waals surface area contributed by atoms with Gasteiger partial charge in [0.25, 0.3) is 22.7 Å². The molecule has 4 rings (SSSR count). The zero-order chi connectivity index (χ0) is 36.6. The smallest absolute Gasteiger partial charge is 0.336 e. The van der Waals surface area contributed by atoms with Crippen molar-refractivity contribution in [3.8, 4) is 12.1 Å². The van der Waals surface area contributed by atoms with Gasteiger partial charge in [-0.05, 0) is 36.4 Å². The second-order valence-corrected chi connectivity index (χ2v) is 8.59. The number of anilines is 2. The molecule has 20 nitrogen and oxygen atoms in total. The van der Waals surface area contributed by atoms with Crippen molar-refractivity contribution >= 4 is 46.1 Å². The van der Waals surface area contributed by atoms with E-state index in [1.807, 2.05) is 12.1 Å². The fourth-order valence-corrected chi connectivity index (χ4v) is 3.08. The Balaban J connectivity index is 0.000000329. The van der Waals surface area contributed by atoms with Crippen LogP contribution in [0, 0.1) is 63.1 Å². The highest BCUT2D eigenvalue weighted by atomic mass is 16.6. The molecule has 0 spiro atoms. The number of nitrogens with zero attached hydrogens (tertiary/aromatic N) is 6. The van der Waals surface area contributed by atoms with Crippen LogP contribution in [0.3, 0.4) is 0 Å². The summed E-state index contributed by atoms with van der Waals surface area (Å²) < 4.78 is 0. The Hall–Kier alpha value is -8.00. The number of hydrogen-bond donors (Lipinski definition) is 4. The number of nitrogen functional groups attached to an aromatic ring is 2. The van der Waals surface area contributed by atoms with Crippen molar-refractivity contribution in [3.63, 3.8) is 0 Å². The molecule has 0 saturated heterocycles. The zero-order valence-electron chi connectivity index (χ0n) is 23.9. The van der Waals surface area contributed by atoms with Gasteiger partial charge in [-0.3, -0.25) is 40.5 Å². The highest BCUT2D eigenvalue weighted by molar-refractivity contribution is 5.90. The molecule has 0 fully saturated rings. The average Bonchev–Trinajstić information content (AvgIpc) is 3.05. The van der Waals surface area contributed by atoms with Crippen molar-refractivity contribution in [2.75, 3.05) is 11.5 Å². The van der Waals surface area contributed by atoms with E-state index in [1.54, 1.807) is 48.5 Å². The monoisotopic (exact) mass is 660 g/mol. The maximum absolute atomic E-state index is 10.5. The summed E-state index contributed by atoms with van der Waals surface area (Å²) in [5.74, 6) is -2.91. The lowest BCUT2D eigenvalue weighted by Gasteiger charge is -1.96. The minimum Gasteiger partial charge on any atom is -0.478 e. The Kier molecular flexibility index (Phi) is 14.2. The van der Waals surface area contributed by atoms with E-state index in [0.717, 1.165) is 24.3 Å². The van der Waals surface area contributed by atoms with E-state index in [9.17, 15) is 50.0 Å². The molecule has 0 atom stereocenters. The number of benzene rings is 4. The maximum atomic E-state index is 10.5. The van der Waals surface area contributed by atoms with Crippen LogP contribution in [0.25, 0.3) is 0 Å². The van der Waals surface area contributed by atoms with E-state index in [2.05, 4.69) is 0 Å². The Morgan fingerprint density at radius 2 is 0.812 bits per heavy atom. The molecule has 20 heteroatoms. The van der Waals surface area contributed by atoms with Crippen molar-refractivity contribution in [1.29, 1.82) is 10.5 Å². The summed E-state index contributed by atoms with van der Waals surface area (Å²) in [6.07, 6.45) is 0. The first-order valence-corrected chi connectivity index (χ1v) is 12.3. The molecule has 0 aromatic heterocycles. The molecule has 0 aliphatic carbocycles. The maximum Gasteiger partial charge on any atom is 0.336 e. The third kappa shape index (κ3) is 12.7. The summed E-state index contributed by atoms with van der Waals surface area (Å²) in [6.45, 7) is 0. The van der Waals surface area contributed by atoms with E-state index >= 15 is 0 Å². The highest BCUT2D eigenvalue weighted by Gasteiger charge is 2.20. The molecule has 0 unspecified atom stereocenters. The molecule has 4 aromatic rings. The first kappa shape index (κ1) is 38.0. The number of carbonyl (C=O) groups is 2. The minimum atomic E-state index is -1.46. The minimum absolute atomic E-state index is 0.490. The van der Waals surface area contributed by atoms with Crippen molar-refractivity contribution < 1.29 is 39.5 Å². The molecule has 0 saturated carbocycles. The summed E-state index contributed by atoms with van der Waals surface area (Å²) in [5.41, 5.74) is 9.77. The quantitative estimate of drug-likeness (QED) is 0.124. The van der Waals surface area contributed by atoms with Crippen molar-refractivity contribution in [2.24, 2.45) is 0 Å². The van der Waals surface area contributed by atoms with Crippen LogP contribution < -0.4 is 11.5 Å². The number of nitro benzene ring substituents is 4. The number of nitriles is 2. The number of carboxylic acids is 2. The molecule has 0 heterocycles. The second-order valence-electron chi connectivity index (χ2n) is 8.59. The normalized spacial score (nSPS) is 9.12. The highest BCUT2D eigenvalue weighted by Crippen LogP contribution is 2.23. The summed E-state index contributed by atoms with van der Waals surface area (Å²) in [7, 11) is 0. The molecule has 0 aliphatic heterocycles. The van der Waals surface area contributed by atoms with Gasteiger partial charge in [-0.2, -0.15) is 10.5 Å². The van der Waals surface area contributed by atoms with Crippen LogP contribution in [-0.2, 0) is 0 Å². The van der Waals surface area contributed by atoms with Crippen LogP contribution in [0.15, 0.2) is 84.9 Å². The molecule has 0 aliphatic rings. The van der Waals surface area contributed by atoms with Gasteiger partial charge in [-0.25, -0.2) is 9.59 Å². The van der Waals surface area contributed by atoms with E-state index in [-0.39, 0.29) is 0 Å². The lowest BCUT2D eigenvalue weighted by molar-refractivity contribution is -0.394. The van der Waals surface area contributed by atoms with Crippen molar-refractivity contribution in [3.05, 3.63) is 148 Å². The van der Waals surface area contributed by atoms with Crippen LogP contribution in [0.2, 0.25) is 0 Å². The fourth-order valence-electron chi connectivity index (χ4n) is 3.08. The second kappa shape index (κ2) is 18.0. The van der Waals surface area contributed by atoms with E-state index in [4.69, 9.17) is 32.2 Å². The summed E-state index contributed by atoms with van der Waals surface area (Å²) in [4.78, 5) is 58.8. The topological polar surface area (TPSA) is 347 Å². The standard InChI is InChI=1S/2C7H4N2O6.2C7H6N2/c2*10-7(11)4-1-5(8(12)13)3-6(2-4)9(14)15;2*8-5-6-2-1-3-7(9)4-6/h2*1-3H,(H,10,11);2*1-4H,9H2. The third-order valence-electron chi connectivity index (χ3n) is 5.17. The Morgan fingerprint density at radius 1 is 0.542 bits per heavy atom. The number of nitrogens with two attached hydrogens (primary N) is 2. The van der Waals surface area contributed by atoms with Gasteiger partial charge in [0.2, 0.25) is 0 Å². The van der Waals surface area contributed by atoms with Gasteiger partial charge >= 0.3 is 11.9 Å². The van der Waals surface area contributed by atoms with Gasteiger partial charge < -0.3 is 21.7 Å². The van der Waals surface area contributed by atoms with E-state index < -0.39 is 65.5 Å². The number of rotatable bonds is 6. The van der Waals surface area contributed by atoms with Gasteiger partial charge in [0.1, 0.15) is 0 Å². The van der Waals surface area contributed by atoms with Crippen molar-refractivity contribution in [2.45, 2.75) is 0 Å². The van der Waals surface area contributed by atoms with Crippen LogP contribution in [0.1, 0.15) is 31.8 Å². The Labute approximate surface area is 267 Å².